The van der Waals surface area contributed by atoms with Crippen LogP contribution in [-0.2, 0) is 5.88 Å². The van der Waals surface area contributed by atoms with E-state index in [-0.39, 0.29) is 5.88 Å². The van der Waals surface area contributed by atoms with Crippen molar-refractivity contribution in [1.29, 1.82) is 0 Å². The van der Waals surface area contributed by atoms with E-state index in [0.717, 1.165) is 0 Å². The minimum absolute atomic E-state index is 0.206. The van der Waals surface area contributed by atoms with E-state index in [4.69, 9.17) is 20.5 Å². The summed E-state index contributed by atoms with van der Waals surface area (Å²) < 4.78 is 10.1. The lowest BCUT2D eigenvalue weighted by Crippen LogP contribution is -1.76. The van der Waals surface area contributed by atoms with Gasteiger partial charge in [-0.1, -0.05) is 5.16 Å². The van der Waals surface area contributed by atoms with E-state index in [1.54, 1.807) is 6.92 Å². The molecule has 5 nitrogen and oxygen atoms in total. The monoisotopic (exact) mass is 199 g/mol. The second kappa shape index (κ2) is 3.18. The Kier molecular flexibility index (Phi) is 2.02. The number of rotatable bonds is 2. The second-order valence-corrected chi connectivity index (χ2v) is 2.70. The lowest BCUT2D eigenvalue weighted by Gasteiger charge is -1.86. The fourth-order valence-electron chi connectivity index (χ4n) is 0.920. The molecular weight excluding hydrogens is 194 g/mol. The normalized spacial score (nSPS) is 10.6. The highest BCUT2D eigenvalue weighted by Crippen LogP contribution is 2.21. The minimum atomic E-state index is 0.206. The van der Waals surface area contributed by atoms with Crippen LogP contribution < -0.4 is 0 Å². The molecule has 0 fully saturated rings. The van der Waals surface area contributed by atoms with Crippen LogP contribution in [0.5, 0.6) is 0 Å². The fourth-order valence-corrected chi connectivity index (χ4v) is 1.03. The van der Waals surface area contributed by atoms with Gasteiger partial charge in [-0.2, -0.15) is 0 Å². The second-order valence-electron chi connectivity index (χ2n) is 2.43. The summed E-state index contributed by atoms with van der Waals surface area (Å²) in [7, 11) is 0. The van der Waals surface area contributed by atoms with Crippen molar-refractivity contribution >= 4 is 11.6 Å². The van der Waals surface area contributed by atoms with Crippen molar-refractivity contribution in [1.82, 2.24) is 15.4 Å². The maximum Gasteiger partial charge on any atom is 0.252 e. The molecule has 0 radical (unpaired) electrons. The summed E-state index contributed by atoms with van der Waals surface area (Å²) in [5, 5.41) is 11.1. The van der Waals surface area contributed by atoms with Gasteiger partial charge in [0.25, 0.3) is 5.89 Å². The van der Waals surface area contributed by atoms with Crippen LogP contribution in [0.25, 0.3) is 11.5 Å². The van der Waals surface area contributed by atoms with Crippen LogP contribution in [-0.4, -0.2) is 15.4 Å². The standard InChI is InChI=1S/C7H6ClN3O2/c1-4-5(3-9-13-4)7-11-10-6(2-8)12-7/h3H,2H2,1H3. The molecule has 0 atom stereocenters. The number of aromatic nitrogens is 3. The predicted octanol–water partition coefficient (Wildman–Crippen LogP) is 1.77. The Morgan fingerprint density at radius 3 is 2.85 bits per heavy atom. The van der Waals surface area contributed by atoms with Crippen LogP contribution in [0.3, 0.4) is 0 Å². The molecular formula is C7H6ClN3O2. The van der Waals surface area contributed by atoms with Crippen molar-refractivity contribution in [3.05, 3.63) is 17.8 Å². The van der Waals surface area contributed by atoms with Crippen LogP contribution in [0.15, 0.2) is 15.1 Å². The quantitative estimate of drug-likeness (QED) is 0.690. The molecule has 0 aliphatic rings. The molecule has 0 N–H and O–H groups in total. The van der Waals surface area contributed by atoms with Gasteiger partial charge in [0, 0.05) is 0 Å². The zero-order valence-electron chi connectivity index (χ0n) is 6.82. The average molecular weight is 200 g/mol. The summed E-state index contributed by atoms with van der Waals surface area (Å²) in [6, 6.07) is 0. The average Bonchev–Trinajstić information content (AvgIpc) is 2.71. The Balaban J connectivity index is 2.41. The summed E-state index contributed by atoms with van der Waals surface area (Å²) in [6.07, 6.45) is 1.53. The highest BCUT2D eigenvalue weighted by atomic mass is 35.5. The van der Waals surface area contributed by atoms with Crippen LogP contribution in [0, 0.1) is 6.92 Å². The van der Waals surface area contributed by atoms with Crippen LogP contribution in [0.4, 0.5) is 0 Å². The molecule has 0 unspecified atom stereocenters. The topological polar surface area (TPSA) is 65.0 Å². The van der Waals surface area contributed by atoms with Gasteiger partial charge in [0.05, 0.1) is 6.20 Å². The van der Waals surface area contributed by atoms with Gasteiger partial charge in [-0.15, -0.1) is 21.8 Å². The Morgan fingerprint density at radius 1 is 1.46 bits per heavy atom. The summed E-state index contributed by atoms with van der Waals surface area (Å²) in [6.45, 7) is 1.77. The Bertz CT molecular complexity index is 409. The van der Waals surface area contributed by atoms with Gasteiger partial charge < -0.3 is 8.94 Å². The highest BCUT2D eigenvalue weighted by molar-refractivity contribution is 6.16. The molecule has 68 valence electrons. The Hall–Kier alpha value is -1.36. The lowest BCUT2D eigenvalue weighted by atomic mass is 10.3. The molecule has 0 spiro atoms. The number of halogens is 1. The minimum Gasteiger partial charge on any atom is -0.419 e. The molecule has 13 heavy (non-hydrogen) atoms. The largest absolute Gasteiger partial charge is 0.419 e. The maximum absolute atomic E-state index is 5.51. The van der Waals surface area contributed by atoms with Crippen LogP contribution >= 0.6 is 11.6 Å². The highest BCUT2D eigenvalue weighted by Gasteiger charge is 2.12. The molecule has 2 rings (SSSR count). The molecule has 0 saturated heterocycles. The van der Waals surface area contributed by atoms with E-state index >= 15 is 0 Å². The number of aryl methyl sites for hydroxylation is 1. The van der Waals surface area contributed by atoms with E-state index in [1.807, 2.05) is 0 Å². The number of hydrogen-bond donors (Lipinski definition) is 0. The van der Waals surface area contributed by atoms with Gasteiger partial charge in [0.2, 0.25) is 5.89 Å². The first kappa shape index (κ1) is 8.25. The Labute approximate surface area is 78.7 Å². The van der Waals surface area contributed by atoms with Gasteiger partial charge in [-0.05, 0) is 6.92 Å². The molecule has 0 aromatic carbocycles. The summed E-state index contributed by atoms with van der Waals surface area (Å²) in [5.41, 5.74) is 0.698. The van der Waals surface area contributed by atoms with E-state index < -0.39 is 0 Å². The third-order valence-electron chi connectivity index (χ3n) is 1.56. The van der Waals surface area contributed by atoms with E-state index in [9.17, 15) is 0 Å². The van der Waals surface area contributed by atoms with E-state index in [1.165, 1.54) is 6.20 Å². The van der Waals surface area contributed by atoms with E-state index in [2.05, 4.69) is 15.4 Å². The van der Waals surface area contributed by atoms with E-state index in [0.29, 0.717) is 23.1 Å². The third kappa shape index (κ3) is 1.42. The zero-order chi connectivity index (χ0) is 9.26. The zero-order valence-corrected chi connectivity index (χ0v) is 7.58. The first-order chi connectivity index (χ1) is 6.31. The molecule has 0 bridgehead atoms. The van der Waals surface area contributed by atoms with Crippen molar-refractivity contribution < 1.29 is 8.94 Å². The van der Waals surface area contributed by atoms with Gasteiger partial charge in [-0.3, -0.25) is 0 Å². The molecule has 2 aromatic heterocycles. The number of nitrogens with zero attached hydrogens (tertiary/aromatic N) is 3. The first-order valence-electron chi connectivity index (χ1n) is 3.61. The van der Waals surface area contributed by atoms with Crippen LogP contribution in [0.2, 0.25) is 0 Å². The lowest BCUT2D eigenvalue weighted by molar-refractivity contribution is 0.397. The number of hydrogen-bond acceptors (Lipinski definition) is 5. The van der Waals surface area contributed by atoms with Gasteiger partial charge in [-0.25, -0.2) is 0 Å². The predicted molar refractivity (Wildman–Crippen MR) is 44.1 cm³/mol. The molecule has 0 aliphatic heterocycles. The molecule has 2 aromatic rings. The van der Waals surface area contributed by atoms with Gasteiger partial charge in [0.15, 0.2) is 0 Å². The van der Waals surface area contributed by atoms with Crippen molar-refractivity contribution in [2.75, 3.05) is 0 Å². The summed E-state index contributed by atoms with van der Waals surface area (Å²) in [4.78, 5) is 0. The van der Waals surface area contributed by atoms with Crippen molar-refractivity contribution in [3.8, 4) is 11.5 Å². The third-order valence-corrected chi connectivity index (χ3v) is 1.79. The molecule has 6 heteroatoms. The van der Waals surface area contributed by atoms with Crippen molar-refractivity contribution in [3.63, 3.8) is 0 Å². The molecule has 0 amide bonds. The summed E-state index contributed by atoms with van der Waals surface area (Å²) >= 11 is 5.51. The van der Waals surface area contributed by atoms with Crippen molar-refractivity contribution in [2.45, 2.75) is 12.8 Å². The SMILES string of the molecule is Cc1oncc1-c1nnc(CCl)o1. The molecule has 0 aliphatic carbocycles. The van der Waals surface area contributed by atoms with Crippen LogP contribution in [0.1, 0.15) is 11.7 Å². The van der Waals surface area contributed by atoms with Gasteiger partial charge in [0.1, 0.15) is 17.2 Å². The molecule has 2 heterocycles. The first-order valence-corrected chi connectivity index (χ1v) is 4.14. The Morgan fingerprint density at radius 2 is 2.31 bits per heavy atom. The van der Waals surface area contributed by atoms with Crippen molar-refractivity contribution in [2.24, 2.45) is 0 Å². The fraction of sp³-hybridized carbons (Fsp3) is 0.286. The van der Waals surface area contributed by atoms with Gasteiger partial charge >= 0.3 is 0 Å². The maximum atomic E-state index is 5.51. The smallest absolute Gasteiger partial charge is 0.252 e. The molecule has 0 saturated carbocycles. The number of alkyl halides is 1. The summed E-state index contributed by atoms with van der Waals surface area (Å²) in [5.74, 6) is 1.62.